The van der Waals surface area contributed by atoms with Gasteiger partial charge in [0.2, 0.25) is 0 Å². The third-order valence-electron chi connectivity index (χ3n) is 3.45. The van der Waals surface area contributed by atoms with Crippen molar-refractivity contribution in [3.05, 3.63) is 81.3 Å². The lowest BCUT2D eigenvalue weighted by Gasteiger charge is -2.05. The van der Waals surface area contributed by atoms with Gasteiger partial charge in [0.15, 0.2) is 0 Å². The van der Waals surface area contributed by atoms with Crippen LogP contribution in [0.15, 0.2) is 65.7 Å². The molecule has 2 aromatic carbocycles. The van der Waals surface area contributed by atoms with Gasteiger partial charge in [-0.15, -0.1) is 11.3 Å². The van der Waals surface area contributed by atoms with E-state index < -0.39 is 11.9 Å². The third kappa shape index (κ3) is 4.17. The molecule has 3 rings (SSSR count). The van der Waals surface area contributed by atoms with Crippen LogP contribution in [0, 0.1) is 0 Å². The Kier molecular flexibility index (Phi) is 5.46. The molecule has 3 aromatic rings. The molecule has 26 heavy (non-hydrogen) atoms. The Labute approximate surface area is 158 Å². The van der Waals surface area contributed by atoms with E-state index in [9.17, 15) is 14.7 Å². The smallest absolute Gasteiger partial charge is 0.352 e. The summed E-state index contributed by atoms with van der Waals surface area (Å²) in [5.74, 6) is -1.74. The maximum Gasteiger partial charge on any atom is 0.352 e. The Hall–Kier alpha value is -2.96. The molecular weight excluding hydrogens is 372 g/mol. The van der Waals surface area contributed by atoms with E-state index in [1.165, 1.54) is 17.4 Å². The minimum atomic E-state index is -1.25. The summed E-state index contributed by atoms with van der Waals surface area (Å²) in [6.07, 6.45) is 1.33. The van der Waals surface area contributed by atoms with Gasteiger partial charge in [-0.2, -0.15) is 0 Å². The number of hydrogen-bond acceptors (Lipinski definition) is 4. The van der Waals surface area contributed by atoms with Crippen LogP contribution < -0.4 is 5.32 Å². The normalized spacial score (nSPS) is 11.2. The largest absolute Gasteiger partial charge is 0.477 e. The molecule has 2 N–H and O–H groups in total. The molecule has 0 aliphatic rings. The summed E-state index contributed by atoms with van der Waals surface area (Å²) in [6, 6.07) is 15.7. The number of carbonyl (C=O) groups excluding carboxylic acids is 1. The lowest BCUT2D eigenvalue weighted by atomic mass is 10.2. The molecule has 1 aromatic heterocycles. The van der Waals surface area contributed by atoms with Crippen molar-refractivity contribution in [2.75, 3.05) is 0 Å². The maximum absolute atomic E-state index is 12.2. The monoisotopic (exact) mass is 384 g/mol. The first-order valence-corrected chi connectivity index (χ1v) is 8.82. The second-order valence-corrected chi connectivity index (χ2v) is 6.53. The standard InChI is InChI=1S/C19H13ClN2O3S/c20-14-9-5-4-8-13(14)16-11-26-17(21-16)10-15(19(24)25)22-18(23)12-6-2-1-3-7-12/h1-11H,(H,22,23)(H,24,25)/b15-10+. The van der Waals surface area contributed by atoms with Gasteiger partial charge in [-0.1, -0.05) is 48.0 Å². The molecule has 0 atom stereocenters. The Morgan fingerprint density at radius 1 is 1.08 bits per heavy atom. The fraction of sp³-hybridized carbons (Fsp3) is 0. The molecule has 0 fully saturated rings. The number of rotatable bonds is 5. The quantitative estimate of drug-likeness (QED) is 0.642. The topological polar surface area (TPSA) is 79.3 Å². The number of carbonyl (C=O) groups is 2. The fourth-order valence-electron chi connectivity index (χ4n) is 2.21. The second-order valence-electron chi connectivity index (χ2n) is 5.23. The molecule has 5 nitrogen and oxygen atoms in total. The summed E-state index contributed by atoms with van der Waals surface area (Å²) >= 11 is 7.42. The van der Waals surface area contributed by atoms with Crippen molar-refractivity contribution in [1.82, 2.24) is 10.3 Å². The number of aliphatic carboxylic acids is 1. The van der Waals surface area contributed by atoms with E-state index in [0.717, 1.165) is 5.56 Å². The highest BCUT2D eigenvalue weighted by molar-refractivity contribution is 7.10. The van der Waals surface area contributed by atoms with E-state index >= 15 is 0 Å². The summed E-state index contributed by atoms with van der Waals surface area (Å²) in [6.45, 7) is 0. The van der Waals surface area contributed by atoms with E-state index in [-0.39, 0.29) is 5.70 Å². The van der Waals surface area contributed by atoms with Crippen molar-refractivity contribution in [2.45, 2.75) is 0 Å². The number of thiazole rings is 1. The Balaban J connectivity index is 1.85. The third-order valence-corrected chi connectivity index (χ3v) is 4.58. The van der Waals surface area contributed by atoms with Crippen LogP contribution in [0.5, 0.6) is 0 Å². The molecule has 0 radical (unpaired) electrons. The van der Waals surface area contributed by atoms with E-state index in [1.54, 1.807) is 41.8 Å². The van der Waals surface area contributed by atoms with Crippen molar-refractivity contribution in [3.8, 4) is 11.3 Å². The van der Waals surface area contributed by atoms with Crippen LogP contribution in [0.25, 0.3) is 17.3 Å². The Bertz CT molecular complexity index is 983. The van der Waals surface area contributed by atoms with Gasteiger partial charge in [-0.05, 0) is 18.2 Å². The van der Waals surface area contributed by atoms with Crippen LogP contribution in [0.1, 0.15) is 15.4 Å². The molecule has 0 aliphatic carbocycles. The number of hydrogen-bond donors (Lipinski definition) is 2. The molecular formula is C19H13ClN2O3S. The minimum Gasteiger partial charge on any atom is -0.477 e. The summed E-state index contributed by atoms with van der Waals surface area (Å²) in [4.78, 5) is 28.0. The van der Waals surface area contributed by atoms with Gasteiger partial charge in [0.05, 0.1) is 5.69 Å². The number of aromatic nitrogens is 1. The molecule has 0 saturated carbocycles. The van der Waals surface area contributed by atoms with E-state index in [2.05, 4.69) is 10.3 Å². The van der Waals surface area contributed by atoms with Crippen LogP contribution in [-0.4, -0.2) is 22.0 Å². The highest BCUT2D eigenvalue weighted by Crippen LogP contribution is 2.29. The zero-order chi connectivity index (χ0) is 18.5. The molecule has 130 valence electrons. The molecule has 0 unspecified atom stereocenters. The summed E-state index contributed by atoms with van der Waals surface area (Å²) < 4.78 is 0. The SMILES string of the molecule is O=C(O)/C(=C\c1nc(-c2ccccc2Cl)cs1)NC(=O)c1ccccc1. The first-order valence-electron chi connectivity index (χ1n) is 7.56. The van der Waals surface area contributed by atoms with Gasteiger partial charge in [0.25, 0.3) is 5.91 Å². The van der Waals surface area contributed by atoms with E-state index in [0.29, 0.717) is 21.3 Å². The van der Waals surface area contributed by atoms with Gasteiger partial charge in [0.1, 0.15) is 10.7 Å². The lowest BCUT2D eigenvalue weighted by Crippen LogP contribution is -2.27. The Morgan fingerprint density at radius 2 is 1.77 bits per heavy atom. The molecule has 0 spiro atoms. The average molecular weight is 385 g/mol. The van der Waals surface area contributed by atoms with Crippen LogP contribution in [0.3, 0.4) is 0 Å². The molecule has 7 heteroatoms. The number of benzene rings is 2. The number of nitrogens with zero attached hydrogens (tertiary/aromatic N) is 1. The lowest BCUT2D eigenvalue weighted by molar-refractivity contribution is -0.132. The first kappa shape index (κ1) is 17.8. The zero-order valence-electron chi connectivity index (χ0n) is 13.3. The summed E-state index contributed by atoms with van der Waals surface area (Å²) in [7, 11) is 0. The van der Waals surface area contributed by atoms with Crippen LogP contribution in [0.2, 0.25) is 5.02 Å². The van der Waals surface area contributed by atoms with Crippen molar-refractivity contribution >= 4 is 40.9 Å². The van der Waals surface area contributed by atoms with E-state index in [1.807, 2.05) is 18.2 Å². The summed E-state index contributed by atoms with van der Waals surface area (Å²) in [5.41, 5.74) is 1.52. The van der Waals surface area contributed by atoms with Gasteiger partial charge >= 0.3 is 5.97 Å². The maximum atomic E-state index is 12.2. The average Bonchev–Trinajstić information content (AvgIpc) is 3.10. The van der Waals surface area contributed by atoms with E-state index in [4.69, 9.17) is 11.6 Å². The highest BCUT2D eigenvalue weighted by atomic mass is 35.5. The van der Waals surface area contributed by atoms with Crippen molar-refractivity contribution in [2.24, 2.45) is 0 Å². The van der Waals surface area contributed by atoms with Crippen LogP contribution >= 0.6 is 22.9 Å². The van der Waals surface area contributed by atoms with Crippen LogP contribution in [0.4, 0.5) is 0 Å². The van der Waals surface area contributed by atoms with Crippen molar-refractivity contribution < 1.29 is 14.7 Å². The van der Waals surface area contributed by atoms with Crippen LogP contribution in [-0.2, 0) is 4.79 Å². The number of nitrogens with one attached hydrogen (secondary N) is 1. The van der Waals surface area contributed by atoms with Crippen molar-refractivity contribution in [3.63, 3.8) is 0 Å². The van der Waals surface area contributed by atoms with Crippen molar-refractivity contribution in [1.29, 1.82) is 0 Å². The minimum absolute atomic E-state index is 0.251. The number of halogens is 1. The summed E-state index contributed by atoms with van der Waals surface area (Å²) in [5, 5.41) is 14.6. The first-order chi connectivity index (χ1) is 12.5. The van der Waals surface area contributed by atoms with Gasteiger partial charge < -0.3 is 10.4 Å². The molecule has 0 saturated heterocycles. The molecule has 1 amide bonds. The Morgan fingerprint density at radius 3 is 2.46 bits per heavy atom. The second kappa shape index (κ2) is 7.95. The zero-order valence-corrected chi connectivity index (χ0v) is 14.9. The fourth-order valence-corrected chi connectivity index (χ4v) is 3.19. The number of amides is 1. The molecule has 1 heterocycles. The predicted molar refractivity (Wildman–Crippen MR) is 102 cm³/mol. The molecule has 0 aliphatic heterocycles. The predicted octanol–water partition coefficient (Wildman–Crippen LogP) is 4.32. The van der Waals surface area contributed by atoms with Gasteiger partial charge in [-0.3, -0.25) is 4.79 Å². The van der Waals surface area contributed by atoms with Gasteiger partial charge in [-0.25, -0.2) is 9.78 Å². The van der Waals surface area contributed by atoms with Gasteiger partial charge in [0, 0.05) is 27.6 Å². The number of carboxylic acids is 1. The highest BCUT2D eigenvalue weighted by Gasteiger charge is 2.15. The number of carboxylic acid groups (broad SMARTS) is 1. The molecule has 0 bridgehead atoms.